The molecule has 0 aliphatic carbocycles. The molecule has 0 fully saturated rings. The number of carboxylic acid groups (broad SMARTS) is 3. The fourth-order valence-corrected chi connectivity index (χ4v) is 1.36. The van der Waals surface area contributed by atoms with E-state index in [0.29, 0.717) is 0 Å². The Morgan fingerprint density at radius 1 is 0.714 bits per heavy atom. The van der Waals surface area contributed by atoms with Gasteiger partial charge in [0.25, 0.3) is 0 Å². The third-order valence-corrected chi connectivity index (χ3v) is 2.77. The van der Waals surface area contributed by atoms with Crippen LogP contribution in [0.5, 0.6) is 0 Å². The van der Waals surface area contributed by atoms with Crippen LogP contribution in [0.4, 0.5) is 0 Å². The summed E-state index contributed by atoms with van der Waals surface area (Å²) in [7, 11) is 0. The van der Waals surface area contributed by atoms with Crippen LogP contribution in [0.3, 0.4) is 0 Å². The van der Waals surface area contributed by atoms with Crippen LogP contribution in [-0.2, 0) is 14.4 Å². The Morgan fingerprint density at radius 3 is 1.11 bits per heavy atom. The van der Waals surface area contributed by atoms with E-state index in [1.807, 2.05) is 0 Å². The predicted molar refractivity (Wildman–Crippen MR) is 67.4 cm³/mol. The first-order valence-corrected chi connectivity index (χ1v) is 6.59. The predicted octanol–water partition coefficient (Wildman–Crippen LogP) is -17.8. The summed E-state index contributed by atoms with van der Waals surface area (Å²) in [5, 5.41) is 91.1. The molecule has 0 amide bonds. The second kappa shape index (κ2) is 20.1. The minimum absolute atomic E-state index is 0. The number of aliphatic carboxylic acids is 3. The van der Waals surface area contributed by atoms with E-state index in [1.165, 1.54) is 0 Å². The third-order valence-electron chi connectivity index (χ3n) is 2.77. The van der Waals surface area contributed by atoms with Crippen LogP contribution in [0.1, 0.15) is 12.8 Å². The van der Waals surface area contributed by atoms with Gasteiger partial charge in [0.15, 0.2) is 0 Å². The van der Waals surface area contributed by atoms with Crippen molar-refractivity contribution in [3.8, 4) is 0 Å². The maximum atomic E-state index is 10.1. The molecule has 0 spiro atoms. The molecule has 4 unspecified atom stereocenters. The third kappa shape index (κ3) is 16.9. The molecule has 13 nitrogen and oxygen atoms in total. The molecule has 0 heterocycles. The van der Waals surface area contributed by atoms with Gasteiger partial charge in [-0.3, -0.25) is 0 Å². The van der Waals surface area contributed by atoms with Crippen molar-refractivity contribution in [2.45, 2.75) is 42.9 Å². The molecule has 16 heteroatoms. The van der Waals surface area contributed by atoms with Crippen molar-refractivity contribution in [2.75, 3.05) is 13.2 Å². The smallest absolute Gasteiger partial charge is 0.550 e. The van der Waals surface area contributed by atoms with Crippen molar-refractivity contribution in [2.24, 2.45) is 0 Å². The molecular weight excluding hydrogens is 421 g/mol. The average Bonchev–Trinajstić information content (AvgIpc) is 2.50. The van der Waals surface area contributed by atoms with E-state index in [4.69, 9.17) is 35.7 Å². The summed E-state index contributed by atoms with van der Waals surface area (Å²) in [5.41, 5.74) is -2.97. The molecule has 4 atom stereocenters. The van der Waals surface area contributed by atoms with E-state index >= 15 is 0 Å². The number of hydrogen-bond acceptors (Lipinski definition) is 13. The second-order valence-electron chi connectivity index (χ2n) is 4.90. The molecule has 0 aliphatic heterocycles. The molecule has 0 saturated heterocycles. The van der Waals surface area contributed by atoms with Gasteiger partial charge in [-0.2, -0.15) is 0 Å². The van der Waals surface area contributed by atoms with Gasteiger partial charge >= 0.3 is 88.7 Å². The SMILES string of the molecule is O=C([O-])CC(O)(CC(=O)[O-])C(=O)[O-].OCC(O)C(O)C(O)C(O)CO.[Na+].[Na+].[Na+]. The maximum Gasteiger partial charge on any atom is 1.00 e. The van der Waals surface area contributed by atoms with E-state index < -0.39 is 74.0 Å². The van der Waals surface area contributed by atoms with Crippen LogP contribution in [-0.4, -0.2) is 96.9 Å². The zero-order valence-corrected chi connectivity index (χ0v) is 21.7. The Bertz CT molecular complexity index is 420. The van der Waals surface area contributed by atoms with Gasteiger partial charge in [0, 0.05) is 24.8 Å². The fourth-order valence-electron chi connectivity index (χ4n) is 1.36. The van der Waals surface area contributed by atoms with Gasteiger partial charge in [-0.25, -0.2) is 0 Å². The topological polar surface area (TPSA) is 262 Å². The van der Waals surface area contributed by atoms with E-state index in [1.54, 1.807) is 0 Å². The maximum absolute atomic E-state index is 10.1. The minimum atomic E-state index is -2.97. The number of hydrogen-bond donors (Lipinski definition) is 7. The normalized spacial score (nSPS) is 14.2. The van der Waals surface area contributed by atoms with Gasteiger partial charge in [0.05, 0.1) is 19.2 Å². The largest absolute Gasteiger partial charge is 1.00 e. The van der Waals surface area contributed by atoms with Crippen molar-refractivity contribution in [3.63, 3.8) is 0 Å². The molecule has 0 radical (unpaired) electrons. The standard InChI is InChI=1S/C6H8O7.C6H14O6.3Na/c7-3(8)1-6(13,5(11)12)2-4(9)10;7-1-3(9)5(11)6(12)4(10)2-8;;;/h13H,1-2H2,(H,7,8)(H,9,10)(H,11,12);3-12H,1-2H2;;;/q;;3*+1/p-3. The Hall–Kier alpha value is 1.13. The Balaban J connectivity index is -0.000000114. The first kappa shape index (κ1) is 39.6. The van der Waals surface area contributed by atoms with Gasteiger partial charge in [-0.15, -0.1) is 0 Å². The van der Waals surface area contributed by atoms with Crippen LogP contribution in [0.15, 0.2) is 0 Å². The summed E-state index contributed by atoms with van der Waals surface area (Å²) in [6, 6.07) is 0. The van der Waals surface area contributed by atoms with Crippen LogP contribution < -0.4 is 104 Å². The number of rotatable bonds is 10. The van der Waals surface area contributed by atoms with Gasteiger partial charge < -0.3 is 65.4 Å². The average molecular weight is 440 g/mol. The van der Waals surface area contributed by atoms with Gasteiger partial charge in [0.2, 0.25) is 0 Å². The van der Waals surface area contributed by atoms with E-state index in [-0.39, 0.29) is 88.7 Å². The number of carbonyl (C=O) groups excluding carboxylic acids is 3. The van der Waals surface area contributed by atoms with E-state index in [9.17, 15) is 29.7 Å². The van der Waals surface area contributed by atoms with Crippen LogP contribution in [0.2, 0.25) is 0 Å². The molecule has 0 saturated carbocycles. The van der Waals surface area contributed by atoms with Crippen molar-refractivity contribution in [1.29, 1.82) is 0 Å². The summed E-state index contributed by atoms with van der Waals surface area (Å²) in [5.74, 6) is -5.98. The van der Waals surface area contributed by atoms with E-state index in [2.05, 4.69) is 0 Å². The molecule has 7 N–H and O–H groups in total. The van der Waals surface area contributed by atoms with E-state index in [0.717, 1.165) is 0 Å². The molecule has 0 aromatic carbocycles. The first-order chi connectivity index (χ1) is 11.3. The van der Waals surface area contributed by atoms with Crippen molar-refractivity contribution < 1.29 is 154 Å². The number of aliphatic hydroxyl groups excluding tert-OH is 6. The van der Waals surface area contributed by atoms with Crippen molar-refractivity contribution in [1.82, 2.24) is 0 Å². The quantitative estimate of drug-likeness (QED) is 0.156. The summed E-state index contributed by atoms with van der Waals surface area (Å²) in [6.45, 7) is -1.45. The summed E-state index contributed by atoms with van der Waals surface area (Å²) >= 11 is 0. The molecule has 0 aromatic rings. The van der Waals surface area contributed by atoms with Crippen molar-refractivity contribution >= 4 is 17.9 Å². The summed E-state index contributed by atoms with van der Waals surface area (Å²) in [4.78, 5) is 30.0. The Morgan fingerprint density at radius 2 is 0.964 bits per heavy atom. The number of aliphatic hydroxyl groups is 7. The van der Waals surface area contributed by atoms with Crippen LogP contribution in [0, 0.1) is 0 Å². The fraction of sp³-hybridized carbons (Fsp3) is 0.750. The second-order valence-corrected chi connectivity index (χ2v) is 4.90. The van der Waals surface area contributed by atoms with Crippen LogP contribution >= 0.6 is 0 Å². The Labute approximate surface area is 225 Å². The van der Waals surface area contributed by atoms with Crippen molar-refractivity contribution in [3.05, 3.63) is 0 Å². The van der Waals surface area contributed by atoms with Gasteiger partial charge in [-0.05, 0) is 0 Å². The summed E-state index contributed by atoms with van der Waals surface area (Å²) < 4.78 is 0. The van der Waals surface area contributed by atoms with Gasteiger partial charge in [-0.1, -0.05) is 0 Å². The molecule has 28 heavy (non-hydrogen) atoms. The molecule has 0 aliphatic rings. The molecule has 148 valence electrons. The molecule has 0 aromatic heterocycles. The minimum Gasteiger partial charge on any atom is -0.550 e. The number of carboxylic acids is 3. The Kier molecular flexibility index (Phi) is 28.4. The monoisotopic (exact) mass is 440 g/mol. The molecule has 0 rings (SSSR count). The van der Waals surface area contributed by atoms with Crippen LogP contribution in [0.25, 0.3) is 0 Å². The molecular formula is C12H19Na3O13. The molecule has 0 bridgehead atoms. The zero-order chi connectivity index (χ0) is 20.4. The zero-order valence-electron chi connectivity index (χ0n) is 15.7. The number of carbonyl (C=O) groups is 3. The summed E-state index contributed by atoms with van der Waals surface area (Å²) in [6.07, 6.45) is -9.11. The first-order valence-electron chi connectivity index (χ1n) is 6.59. The van der Waals surface area contributed by atoms with Gasteiger partial charge in [0.1, 0.15) is 30.0 Å².